The lowest BCUT2D eigenvalue weighted by Gasteiger charge is -2.20. The maximum absolute atomic E-state index is 7.00. The second-order valence-corrected chi connectivity index (χ2v) is 9.13. The maximum Gasteiger partial charge on any atom is 0.189 e. The van der Waals surface area contributed by atoms with E-state index in [1.807, 2.05) is 43.3 Å². The van der Waals surface area contributed by atoms with E-state index in [1.165, 1.54) is 23.1 Å². The number of epoxide rings is 2. The molecule has 2 fully saturated rings. The molecule has 0 spiro atoms. The summed E-state index contributed by atoms with van der Waals surface area (Å²) in [7, 11) is 1.00. The Labute approximate surface area is 232 Å². The number of aliphatic hydroxyl groups is 1. The van der Waals surface area contributed by atoms with Gasteiger partial charge in [-0.1, -0.05) is 56.7 Å². The van der Waals surface area contributed by atoms with Crippen molar-refractivity contribution >= 4 is 0 Å². The van der Waals surface area contributed by atoms with Crippen LogP contribution in [0.3, 0.4) is 0 Å². The molecule has 7 heteroatoms. The SMILES string of the molecule is CCC.CCOCOc1ccc(C(c2ccc(OCC3CO3)cc2)c2ccc(OCC3CO3)cc2)cc1.CO. The van der Waals surface area contributed by atoms with Gasteiger partial charge in [-0.05, 0) is 60.0 Å². The standard InChI is InChI=1S/C28H30O6.C3H8.CH4O/c1-2-29-19-34-25-13-7-22(8-14-25)28(20-3-9-23(10-4-20)30-15-26-17-32-26)21-5-11-24(12-6-21)31-16-27-18-33-27;1-3-2;1-2/h3-14,26-28H,2,15-19H2,1H3;3H2,1-2H3;2H,1H3. The first-order valence-electron chi connectivity index (χ1n) is 13.6. The summed E-state index contributed by atoms with van der Waals surface area (Å²) < 4.78 is 33.1. The Balaban J connectivity index is 0.000000787. The zero-order chi connectivity index (χ0) is 27.9. The van der Waals surface area contributed by atoms with Crippen molar-refractivity contribution in [1.29, 1.82) is 0 Å². The summed E-state index contributed by atoms with van der Waals surface area (Å²) in [6.07, 6.45) is 1.73. The Morgan fingerprint density at radius 1 is 0.641 bits per heavy atom. The minimum atomic E-state index is 0.0579. The van der Waals surface area contributed by atoms with Gasteiger partial charge < -0.3 is 33.5 Å². The van der Waals surface area contributed by atoms with Gasteiger partial charge in [0.25, 0.3) is 0 Å². The molecule has 2 aliphatic rings. The van der Waals surface area contributed by atoms with Crippen LogP contribution in [-0.2, 0) is 14.2 Å². The lowest BCUT2D eigenvalue weighted by Crippen LogP contribution is -2.07. The Hall–Kier alpha value is -3.10. The predicted molar refractivity (Wildman–Crippen MR) is 152 cm³/mol. The van der Waals surface area contributed by atoms with Crippen LogP contribution in [0.4, 0.5) is 0 Å². The highest BCUT2D eigenvalue weighted by Crippen LogP contribution is 2.35. The summed E-state index contributed by atoms with van der Waals surface area (Å²) in [6.45, 7) is 9.85. The van der Waals surface area contributed by atoms with Crippen LogP contribution in [0.25, 0.3) is 0 Å². The first kappa shape index (κ1) is 30.4. The number of hydrogen-bond acceptors (Lipinski definition) is 7. The number of benzene rings is 3. The zero-order valence-electron chi connectivity index (χ0n) is 23.5. The fraction of sp³-hybridized carbons (Fsp3) is 0.438. The van der Waals surface area contributed by atoms with Crippen LogP contribution in [0.5, 0.6) is 17.2 Å². The van der Waals surface area contributed by atoms with Gasteiger partial charge in [0.2, 0.25) is 0 Å². The summed E-state index contributed by atoms with van der Waals surface area (Å²) in [5, 5.41) is 7.00. The van der Waals surface area contributed by atoms with Gasteiger partial charge in [-0.3, -0.25) is 0 Å². The first-order valence-corrected chi connectivity index (χ1v) is 13.6. The molecular formula is C32H42O7. The highest BCUT2D eigenvalue weighted by atomic mass is 16.7. The van der Waals surface area contributed by atoms with Gasteiger partial charge in [-0.25, -0.2) is 0 Å². The molecule has 3 aromatic rings. The zero-order valence-corrected chi connectivity index (χ0v) is 23.5. The molecule has 3 aromatic carbocycles. The van der Waals surface area contributed by atoms with Crippen LogP contribution in [0.15, 0.2) is 72.8 Å². The highest BCUT2D eigenvalue weighted by Gasteiger charge is 2.24. The lowest BCUT2D eigenvalue weighted by atomic mass is 9.85. The van der Waals surface area contributed by atoms with E-state index < -0.39 is 0 Å². The molecule has 2 saturated heterocycles. The van der Waals surface area contributed by atoms with E-state index in [-0.39, 0.29) is 24.9 Å². The average Bonchev–Trinajstić information content (AvgIpc) is 3.91. The minimum Gasteiger partial charge on any atom is -0.491 e. The molecule has 7 nitrogen and oxygen atoms in total. The van der Waals surface area contributed by atoms with Crippen molar-refractivity contribution in [2.75, 3.05) is 46.9 Å². The summed E-state index contributed by atoms with van der Waals surface area (Å²) in [6, 6.07) is 24.8. The summed E-state index contributed by atoms with van der Waals surface area (Å²) in [5.74, 6) is 2.54. The van der Waals surface area contributed by atoms with Crippen molar-refractivity contribution in [2.24, 2.45) is 0 Å². The summed E-state index contributed by atoms with van der Waals surface area (Å²) >= 11 is 0. The molecule has 0 bridgehead atoms. The third-order valence-corrected chi connectivity index (χ3v) is 5.83. The van der Waals surface area contributed by atoms with E-state index in [0.29, 0.717) is 19.8 Å². The van der Waals surface area contributed by atoms with Crippen molar-refractivity contribution < 1.29 is 33.5 Å². The van der Waals surface area contributed by atoms with E-state index >= 15 is 0 Å². The van der Waals surface area contributed by atoms with E-state index in [1.54, 1.807) is 0 Å². The molecule has 39 heavy (non-hydrogen) atoms. The van der Waals surface area contributed by atoms with Crippen molar-refractivity contribution in [3.63, 3.8) is 0 Å². The van der Waals surface area contributed by atoms with Crippen LogP contribution in [0.1, 0.15) is 49.8 Å². The van der Waals surface area contributed by atoms with Crippen LogP contribution < -0.4 is 14.2 Å². The van der Waals surface area contributed by atoms with Crippen LogP contribution >= 0.6 is 0 Å². The van der Waals surface area contributed by atoms with Crippen LogP contribution in [-0.4, -0.2) is 64.3 Å². The quantitative estimate of drug-likeness (QED) is 0.127. The lowest BCUT2D eigenvalue weighted by molar-refractivity contribution is 0.0224. The molecule has 2 unspecified atom stereocenters. The molecule has 0 aromatic heterocycles. The summed E-state index contributed by atoms with van der Waals surface area (Å²) in [4.78, 5) is 0. The number of rotatable bonds is 13. The highest BCUT2D eigenvalue weighted by molar-refractivity contribution is 5.46. The third kappa shape index (κ3) is 10.5. The molecule has 0 radical (unpaired) electrons. The van der Waals surface area contributed by atoms with Crippen molar-refractivity contribution in [3.05, 3.63) is 89.5 Å². The monoisotopic (exact) mass is 538 g/mol. The van der Waals surface area contributed by atoms with Gasteiger partial charge in [0.15, 0.2) is 6.79 Å². The molecule has 0 saturated carbocycles. The van der Waals surface area contributed by atoms with Gasteiger partial charge in [-0.15, -0.1) is 0 Å². The molecular weight excluding hydrogens is 496 g/mol. The van der Waals surface area contributed by atoms with Gasteiger partial charge in [0.05, 0.1) is 13.2 Å². The molecule has 5 rings (SSSR count). The number of aliphatic hydroxyl groups excluding tert-OH is 1. The fourth-order valence-electron chi connectivity index (χ4n) is 3.75. The van der Waals surface area contributed by atoms with E-state index in [4.69, 9.17) is 33.5 Å². The smallest absolute Gasteiger partial charge is 0.189 e. The Bertz CT molecular complexity index is 984. The first-order chi connectivity index (χ1) is 19.2. The Morgan fingerprint density at radius 3 is 1.28 bits per heavy atom. The molecule has 2 aliphatic heterocycles. The third-order valence-electron chi connectivity index (χ3n) is 5.83. The van der Waals surface area contributed by atoms with E-state index in [2.05, 4.69) is 50.2 Å². The molecule has 2 heterocycles. The molecule has 2 atom stereocenters. The number of hydrogen-bond donors (Lipinski definition) is 1. The molecule has 0 aliphatic carbocycles. The van der Waals surface area contributed by atoms with E-state index in [9.17, 15) is 0 Å². The topological polar surface area (TPSA) is 82.2 Å². The minimum absolute atomic E-state index is 0.0579. The molecule has 212 valence electrons. The maximum atomic E-state index is 7.00. The molecule has 1 N–H and O–H groups in total. The number of ether oxygens (including phenoxy) is 6. The predicted octanol–water partition coefficient (Wildman–Crippen LogP) is 5.82. The second kappa shape index (κ2) is 16.8. The van der Waals surface area contributed by atoms with Gasteiger partial charge in [-0.2, -0.15) is 0 Å². The van der Waals surface area contributed by atoms with Gasteiger partial charge >= 0.3 is 0 Å². The second-order valence-electron chi connectivity index (χ2n) is 9.13. The van der Waals surface area contributed by atoms with Crippen molar-refractivity contribution in [2.45, 2.75) is 45.3 Å². The van der Waals surface area contributed by atoms with Crippen LogP contribution in [0.2, 0.25) is 0 Å². The van der Waals surface area contributed by atoms with Gasteiger partial charge in [0, 0.05) is 19.6 Å². The van der Waals surface area contributed by atoms with E-state index in [0.717, 1.165) is 37.6 Å². The normalized spacial score (nSPS) is 17.5. The van der Waals surface area contributed by atoms with Crippen molar-refractivity contribution in [3.8, 4) is 17.2 Å². The molecule has 0 amide bonds. The Morgan fingerprint density at radius 2 is 0.974 bits per heavy atom. The van der Waals surface area contributed by atoms with Crippen LogP contribution in [0, 0.1) is 0 Å². The fourth-order valence-corrected chi connectivity index (χ4v) is 3.75. The van der Waals surface area contributed by atoms with Crippen molar-refractivity contribution in [1.82, 2.24) is 0 Å². The average molecular weight is 539 g/mol. The van der Waals surface area contributed by atoms with Gasteiger partial charge in [0.1, 0.15) is 42.7 Å². The summed E-state index contributed by atoms with van der Waals surface area (Å²) in [5.41, 5.74) is 3.53. The largest absolute Gasteiger partial charge is 0.491 e. The Kier molecular flexibility index (Phi) is 13.1.